The summed E-state index contributed by atoms with van der Waals surface area (Å²) in [5.41, 5.74) is 7.91. The van der Waals surface area contributed by atoms with Gasteiger partial charge in [-0.25, -0.2) is 4.79 Å². The third kappa shape index (κ3) is 5.92. The van der Waals surface area contributed by atoms with Gasteiger partial charge in [0.15, 0.2) is 18.7 Å². The van der Waals surface area contributed by atoms with Gasteiger partial charge < -0.3 is 39.4 Å². The number of piperazine rings is 1. The highest BCUT2D eigenvalue weighted by atomic mass is 16.7. The van der Waals surface area contributed by atoms with Gasteiger partial charge in [0, 0.05) is 44.4 Å². The normalized spacial score (nSPS) is 22.8. The Hall–Kier alpha value is -3.64. The van der Waals surface area contributed by atoms with E-state index in [1.807, 2.05) is 56.0 Å². The second-order valence-electron chi connectivity index (χ2n) is 11.4. The van der Waals surface area contributed by atoms with Crippen LogP contribution in [-0.4, -0.2) is 102 Å². The minimum atomic E-state index is -0.709. The van der Waals surface area contributed by atoms with Gasteiger partial charge in [-0.05, 0) is 51.8 Å². The number of fused-ring (bicyclic) bond motifs is 2. The van der Waals surface area contributed by atoms with Gasteiger partial charge in [0.05, 0.1) is 24.5 Å². The molecule has 2 aromatic rings. The molecule has 3 aliphatic heterocycles. The molecule has 1 aromatic heterocycles. The second kappa shape index (κ2) is 11.5. The lowest BCUT2D eigenvalue weighted by atomic mass is 10.1. The number of nitrogen functional groups attached to an aromatic ring is 1. The summed E-state index contributed by atoms with van der Waals surface area (Å²) in [4.78, 5) is 32.0. The van der Waals surface area contributed by atoms with Crippen LogP contribution in [0.4, 0.5) is 16.3 Å². The third-order valence-corrected chi connectivity index (χ3v) is 7.37. The highest BCUT2D eigenvalue weighted by Crippen LogP contribution is 2.37. The van der Waals surface area contributed by atoms with Crippen molar-refractivity contribution in [2.24, 2.45) is 0 Å². The van der Waals surface area contributed by atoms with Crippen molar-refractivity contribution >= 4 is 23.5 Å². The van der Waals surface area contributed by atoms with Crippen molar-refractivity contribution < 1.29 is 28.5 Å². The van der Waals surface area contributed by atoms with E-state index in [0.29, 0.717) is 43.5 Å². The van der Waals surface area contributed by atoms with Crippen LogP contribution in [0.2, 0.25) is 0 Å². The Labute approximate surface area is 234 Å². The number of hydrogen-bond donors (Lipinski definition) is 1. The smallest absolute Gasteiger partial charge is 0.410 e. The molecular formula is C28H38N6O6. The van der Waals surface area contributed by atoms with E-state index in [-0.39, 0.29) is 31.3 Å². The quantitative estimate of drug-likeness (QED) is 0.531. The van der Waals surface area contributed by atoms with Crippen molar-refractivity contribution in [1.82, 2.24) is 20.0 Å². The molecular weight excluding hydrogens is 516 g/mol. The lowest BCUT2D eigenvalue weighted by Crippen LogP contribution is -2.61. The highest BCUT2D eigenvalue weighted by molar-refractivity contribution is 5.84. The van der Waals surface area contributed by atoms with Crippen molar-refractivity contribution in [3.05, 3.63) is 30.3 Å². The van der Waals surface area contributed by atoms with Crippen molar-refractivity contribution in [1.29, 1.82) is 0 Å². The Balaban J connectivity index is 1.30. The van der Waals surface area contributed by atoms with E-state index in [1.54, 1.807) is 12.0 Å². The molecule has 12 heteroatoms. The van der Waals surface area contributed by atoms with Gasteiger partial charge in [0.25, 0.3) is 5.91 Å². The molecule has 3 atom stereocenters. The van der Waals surface area contributed by atoms with Crippen LogP contribution in [0.5, 0.6) is 5.75 Å². The Kier molecular flexibility index (Phi) is 7.99. The van der Waals surface area contributed by atoms with Gasteiger partial charge in [-0.2, -0.15) is 0 Å². The number of carbonyl (C=O) groups is 2. The maximum absolute atomic E-state index is 13.7. The number of nitrogens with two attached hydrogens (primary N) is 1. The zero-order valence-electron chi connectivity index (χ0n) is 23.5. The van der Waals surface area contributed by atoms with Crippen LogP contribution in [-0.2, 0) is 19.0 Å². The molecule has 2 N–H and O–H groups in total. The van der Waals surface area contributed by atoms with Crippen LogP contribution in [0.3, 0.4) is 0 Å². The largest absolute Gasteiger partial charge is 0.467 e. The lowest BCUT2D eigenvalue weighted by Gasteiger charge is -2.44. The van der Waals surface area contributed by atoms with Gasteiger partial charge in [-0.15, -0.1) is 10.2 Å². The Bertz CT molecular complexity index is 1220. The van der Waals surface area contributed by atoms with E-state index < -0.39 is 17.8 Å². The molecule has 5 rings (SSSR count). The first-order valence-corrected chi connectivity index (χ1v) is 13.7. The Morgan fingerprint density at radius 1 is 1.10 bits per heavy atom. The summed E-state index contributed by atoms with van der Waals surface area (Å²) in [6.45, 7) is 7.70. The van der Waals surface area contributed by atoms with Crippen LogP contribution in [0.1, 0.15) is 33.6 Å². The maximum atomic E-state index is 13.7. The zero-order chi connectivity index (χ0) is 28.4. The predicted octanol–water partition coefficient (Wildman–Crippen LogP) is 2.52. The van der Waals surface area contributed by atoms with Crippen molar-refractivity contribution in [3.8, 4) is 17.0 Å². The summed E-state index contributed by atoms with van der Waals surface area (Å²) in [6.07, 6.45) is 0.633. The number of amides is 2. The molecule has 3 saturated heterocycles. The van der Waals surface area contributed by atoms with E-state index in [2.05, 4.69) is 15.1 Å². The number of para-hydroxylation sites is 1. The van der Waals surface area contributed by atoms with E-state index in [1.165, 1.54) is 0 Å². The number of nitrogens with zero attached hydrogens (tertiary/aromatic N) is 5. The molecule has 216 valence electrons. The fourth-order valence-electron chi connectivity index (χ4n) is 5.62. The zero-order valence-corrected chi connectivity index (χ0v) is 23.5. The number of benzene rings is 1. The molecule has 2 amide bonds. The van der Waals surface area contributed by atoms with E-state index in [9.17, 15) is 9.59 Å². The summed E-state index contributed by atoms with van der Waals surface area (Å²) in [5, 5.41) is 8.58. The first-order chi connectivity index (χ1) is 19.1. The number of hydrogen-bond acceptors (Lipinski definition) is 10. The molecule has 2 unspecified atom stereocenters. The molecule has 0 saturated carbocycles. The van der Waals surface area contributed by atoms with Gasteiger partial charge in [0.1, 0.15) is 11.4 Å². The van der Waals surface area contributed by atoms with Crippen molar-refractivity contribution in [2.45, 2.75) is 57.4 Å². The molecule has 2 bridgehead atoms. The summed E-state index contributed by atoms with van der Waals surface area (Å²) in [6, 6.07) is 9.50. The average molecular weight is 555 g/mol. The lowest BCUT2D eigenvalue weighted by molar-refractivity contribution is -0.152. The third-order valence-electron chi connectivity index (χ3n) is 7.37. The van der Waals surface area contributed by atoms with Crippen LogP contribution in [0, 0.1) is 0 Å². The maximum Gasteiger partial charge on any atom is 0.410 e. The fourth-order valence-corrected chi connectivity index (χ4v) is 5.62. The molecule has 40 heavy (non-hydrogen) atoms. The van der Waals surface area contributed by atoms with Crippen LogP contribution >= 0.6 is 0 Å². The van der Waals surface area contributed by atoms with Crippen LogP contribution in [0.15, 0.2) is 30.3 Å². The predicted molar refractivity (Wildman–Crippen MR) is 148 cm³/mol. The first kappa shape index (κ1) is 27.9. The number of methoxy groups -OCH3 is 1. The summed E-state index contributed by atoms with van der Waals surface area (Å²) >= 11 is 0. The summed E-state index contributed by atoms with van der Waals surface area (Å²) in [5.74, 6) is 0.894. The van der Waals surface area contributed by atoms with Crippen LogP contribution < -0.4 is 15.4 Å². The topological polar surface area (TPSA) is 133 Å². The molecule has 1 aromatic carbocycles. The number of morpholine rings is 1. The van der Waals surface area contributed by atoms with E-state index in [4.69, 9.17) is 24.7 Å². The van der Waals surface area contributed by atoms with Crippen molar-refractivity contribution in [3.63, 3.8) is 0 Å². The Morgan fingerprint density at radius 3 is 2.52 bits per heavy atom. The standard InChI is InChI=1S/C28H38N6O6/c1-28(2,3)40-27(36)32-11-12-38-24(16-32)26(35)34-18-9-10-19(34)15-33(14-18)22-13-21(30-31-25(22)29)20-7-5-6-8-23(20)39-17-37-4/h5-8,13,18-19,24H,9-12,14-17H2,1-4H3,(H2,29,31)/t18?,19?,24-/m1/s1. The molecule has 0 radical (unpaired) electrons. The molecule has 4 heterocycles. The summed E-state index contributed by atoms with van der Waals surface area (Å²) in [7, 11) is 1.57. The van der Waals surface area contributed by atoms with Crippen molar-refractivity contribution in [2.75, 3.05) is 57.3 Å². The molecule has 12 nitrogen and oxygen atoms in total. The number of rotatable bonds is 6. The van der Waals surface area contributed by atoms with Crippen LogP contribution in [0.25, 0.3) is 11.3 Å². The van der Waals surface area contributed by atoms with E-state index >= 15 is 0 Å². The highest BCUT2D eigenvalue weighted by Gasteiger charge is 2.46. The average Bonchev–Trinajstić information content (AvgIpc) is 3.20. The van der Waals surface area contributed by atoms with Gasteiger partial charge in [0.2, 0.25) is 0 Å². The van der Waals surface area contributed by atoms with Gasteiger partial charge >= 0.3 is 6.09 Å². The molecule has 0 aliphatic carbocycles. The summed E-state index contributed by atoms with van der Waals surface area (Å²) < 4.78 is 22.1. The molecule has 3 fully saturated rings. The minimum Gasteiger partial charge on any atom is -0.467 e. The van der Waals surface area contributed by atoms with E-state index in [0.717, 1.165) is 24.1 Å². The van der Waals surface area contributed by atoms with Gasteiger partial charge in [-0.1, -0.05) is 12.1 Å². The molecule has 3 aliphatic rings. The minimum absolute atomic E-state index is 0.0000843. The SMILES string of the molecule is COCOc1ccccc1-c1cc(N2CC3CCC(C2)N3C(=O)[C@H]2CN(C(=O)OC(C)(C)C)CCO2)c(N)nn1. The Morgan fingerprint density at radius 2 is 1.82 bits per heavy atom. The molecule has 0 spiro atoms. The number of ether oxygens (including phenoxy) is 4. The second-order valence-corrected chi connectivity index (χ2v) is 11.4. The first-order valence-electron chi connectivity index (χ1n) is 13.7. The number of carbonyl (C=O) groups excluding carboxylic acids is 2. The fraction of sp³-hybridized carbons (Fsp3) is 0.571. The number of anilines is 2. The number of aromatic nitrogens is 2. The monoisotopic (exact) mass is 554 g/mol. The van der Waals surface area contributed by atoms with Gasteiger partial charge in [-0.3, -0.25) is 4.79 Å².